The van der Waals surface area contributed by atoms with E-state index in [9.17, 15) is 14.4 Å². The number of carbonyl (C=O) groups excluding carboxylic acids is 3. The fraction of sp³-hybridized carbons (Fsp3) is 0.520. The molecule has 2 heterocycles. The van der Waals surface area contributed by atoms with E-state index in [1.165, 1.54) is 10.7 Å². The van der Waals surface area contributed by atoms with Crippen molar-refractivity contribution in [1.29, 1.82) is 0 Å². The maximum atomic E-state index is 13.4. The van der Waals surface area contributed by atoms with Crippen molar-refractivity contribution in [3.05, 3.63) is 52.8 Å². The Labute approximate surface area is 194 Å². The zero-order valence-electron chi connectivity index (χ0n) is 19.7. The number of rotatable bonds is 7. The summed E-state index contributed by atoms with van der Waals surface area (Å²) in [6.45, 7) is 6.85. The van der Waals surface area contributed by atoms with E-state index in [1.54, 1.807) is 11.8 Å². The van der Waals surface area contributed by atoms with Gasteiger partial charge in [-0.15, -0.1) is 0 Å². The zero-order valence-corrected chi connectivity index (χ0v) is 19.7. The van der Waals surface area contributed by atoms with Gasteiger partial charge in [-0.1, -0.05) is 49.6 Å². The number of aryl methyl sites for hydroxylation is 1. The van der Waals surface area contributed by atoms with Gasteiger partial charge in [-0.05, 0) is 38.7 Å². The van der Waals surface area contributed by atoms with E-state index in [4.69, 9.17) is 0 Å². The van der Waals surface area contributed by atoms with Gasteiger partial charge in [0.2, 0.25) is 5.91 Å². The molecule has 0 radical (unpaired) electrons. The van der Waals surface area contributed by atoms with E-state index in [0.29, 0.717) is 18.8 Å². The largest absolute Gasteiger partial charge is 0.351 e. The third-order valence-electron chi connectivity index (χ3n) is 6.69. The van der Waals surface area contributed by atoms with Crippen LogP contribution >= 0.6 is 0 Å². The van der Waals surface area contributed by atoms with E-state index >= 15 is 0 Å². The minimum atomic E-state index is -1.05. The van der Waals surface area contributed by atoms with E-state index in [-0.39, 0.29) is 36.0 Å². The van der Waals surface area contributed by atoms with Crippen molar-refractivity contribution in [2.75, 3.05) is 6.54 Å². The molecule has 1 aromatic carbocycles. The average Bonchev–Trinajstić information content (AvgIpc) is 3.45. The van der Waals surface area contributed by atoms with Gasteiger partial charge in [-0.25, -0.2) is 0 Å². The number of nitrogens with one attached hydrogen (secondary N) is 2. The van der Waals surface area contributed by atoms with Crippen molar-refractivity contribution in [2.45, 2.75) is 77.5 Å². The van der Waals surface area contributed by atoms with Crippen molar-refractivity contribution in [3.63, 3.8) is 0 Å². The molecule has 176 valence electrons. The summed E-state index contributed by atoms with van der Waals surface area (Å²) in [6, 6.07) is 9.61. The first-order valence-corrected chi connectivity index (χ1v) is 11.9. The second-order valence-electron chi connectivity index (χ2n) is 9.43. The fourth-order valence-corrected chi connectivity index (χ4v) is 4.83. The Kier molecular flexibility index (Phi) is 6.54. The molecule has 0 saturated heterocycles. The minimum absolute atomic E-state index is 0.150. The molecule has 1 saturated carbocycles. The summed E-state index contributed by atoms with van der Waals surface area (Å²) >= 11 is 0. The standard InChI is InChI=1S/C25H33N5O3/c1-4-12-29-23(32)21-14-20(22(31)26-15-18-9-7-8-17(2)13-18)28-30(21)16-25(29,3)24(33)27-19-10-5-6-11-19/h7-9,13-14,19H,4-6,10-12,15-16H2,1-3H3,(H,26,31)(H,27,33). The first kappa shape index (κ1) is 23.0. The number of aromatic nitrogens is 2. The SMILES string of the molecule is CCCN1C(=O)c2cc(C(=O)NCc3cccc(C)c3)nn2CC1(C)C(=O)NC1CCCC1. The van der Waals surface area contributed by atoms with Crippen molar-refractivity contribution < 1.29 is 14.4 Å². The van der Waals surface area contributed by atoms with Gasteiger partial charge in [-0.2, -0.15) is 5.10 Å². The van der Waals surface area contributed by atoms with E-state index < -0.39 is 5.54 Å². The summed E-state index contributed by atoms with van der Waals surface area (Å²) in [5.74, 6) is -0.759. The monoisotopic (exact) mass is 451 g/mol. The van der Waals surface area contributed by atoms with Crippen molar-refractivity contribution >= 4 is 17.7 Å². The average molecular weight is 452 g/mol. The maximum absolute atomic E-state index is 13.4. The molecule has 8 heteroatoms. The molecule has 1 aliphatic heterocycles. The molecule has 1 unspecified atom stereocenters. The van der Waals surface area contributed by atoms with Crippen LogP contribution in [-0.4, -0.2) is 50.5 Å². The predicted octanol–water partition coefficient (Wildman–Crippen LogP) is 2.80. The zero-order chi connectivity index (χ0) is 23.6. The molecule has 1 atom stereocenters. The molecular formula is C25H33N5O3. The fourth-order valence-electron chi connectivity index (χ4n) is 4.83. The highest BCUT2D eigenvalue weighted by molar-refractivity contribution is 6.01. The van der Waals surface area contributed by atoms with Crippen LogP contribution in [0.3, 0.4) is 0 Å². The van der Waals surface area contributed by atoms with E-state index in [2.05, 4.69) is 15.7 Å². The van der Waals surface area contributed by atoms with Crippen LogP contribution in [0.15, 0.2) is 30.3 Å². The van der Waals surface area contributed by atoms with Gasteiger partial charge < -0.3 is 15.5 Å². The van der Waals surface area contributed by atoms with Crippen LogP contribution in [0.1, 0.15) is 78.1 Å². The highest BCUT2D eigenvalue weighted by Gasteiger charge is 2.48. The Morgan fingerprint density at radius 1 is 1.21 bits per heavy atom. The Morgan fingerprint density at radius 3 is 2.67 bits per heavy atom. The molecule has 2 aromatic rings. The third-order valence-corrected chi connectivity index (χ3v) is 6.69. The minimum Gasteiger partial charge on any atom is -0.351 e. The lowest BCUT2D eigenvalue weighted by Crippen LogP contribution is -2.65. The van der Waals surface area contributed by atoms with Gasteiger partial charge >= 0.3 is 0 Å². The number of hydrogen-bond donors (Lipinski definition) is 2. The number of carbonyl (C=O) groups is 3. The highest BCUT2D eigenvalue weighted by Crippen LogP contribution is 2.29. The lowest BCUT2D eigenvalue weighted by atomic mass is 9.94. The number of amides is 3. The normalized spacial score (nSPS) is 20.6. The van der Waals surface area contributed by atoms with Crippen molar-refractivity contribution in [3.8, 4) is 0 Å². The maximum Gasteiger partial charge on any atom is 0.273 e. The van der Waals surface area contributed by atoms with Crippen LogP contribution in [0.5, 0.6) is 0 Å². The van der Waals surface area contributed by atoms with E-state index in [0.717, 1.165) is 43.2 Å². The van der Waals surface area contributed by atoms with Crippen LogP contribution in [0.25, 0.3) is 0 Å². The van der Waals surface area contributed by atoms with Gasteiger partial charge in [0.05, 0.1) is 6.54 Å². The lowest BCUT2D eigenvalue weighted by molar-refractivity contribution is -0.133. The molecule has 33 heavy (non-hydrogen) atoms. The van der Waals surface area contributed by atoms with Crippen molar-refractivity contribution in [1.82, 2.24) is 25.3 Å². The second kappa shape index (κ2) is 9.37. The van der Waals surface area contributed by atoms with Crippen LogP contribution in [0.4, 0.5) is 0 Å². The molecule has 3 amide bonds. The Morgan fingerprint density at radius 2 is 1.97 bits per heavy atom. The molecule has 1 aromatic heterocycles. The lowest BCUT2D eigenvalue weighted by Gasteiger charge is -2.43. The van der Waals surface area contributed by atoms with Crippen LogP contribution in [-0.2, 0) is 17.9 Å². The molecule has 1 fully saturated rings. The number of fused-ring (bicyclic) bond motifs is 1. The van der Waals surface area contributed by atoms with Gasteiger partial charge in [0.15, 0.2) is 5.69 Å². The molecule has 2 aliphatic rings. The number of nitrogens with zero attached hydrogens (tertiary/aromatic N) is 3. The van der Waals surface area contributed by atoms with Gasteiger partial charge in [-0.3, -0.25) is 19.1 Å². The Balaban J connectivity index is 1.53. The smallest absolute Gasteiger partial charge is 0.273 e. The van der Waals surface area contributed by atoms with Gasteiger partial charge in [0, 0.05) is 25.2 Å². The molecule has 4 rings (SSSR count). The molecule has 1 aliphatic carbocycles. The molecule has 0 bridgehead atoms. The highest BCUT2D eigenvalue weighted by atomic mass is 16.2. The number of benzene rings is 1. The topological polar surface area (TPSA) is 96.3 Å². The van der Waals surface area contributed by atoms with Crippen molar-refractivity contribution in [2.24, 2.45) is 0 Å². The van der Waals surface area contributed by atoms with E-state index in [1.807, 2.05) is 38.1 Å². The summed E-state index contributed by atoms with van der Waals surface area (Å²) in [5, 5.41) is 10.4. The number of hydrogen-bond acceptors (Lipinski definition) is 4. The predicted molar refractivity (Wildman–Crippen MR) is 125 cm³/mol. The Hall–Kier alpha value is -3.16. The van der Waals surface area contributed by atoms with Crippen LogP contribution in [0.2, 0.25) is 0 Å². The summed E-state index contributed by atoms with van der Waals surface area (Å²) in [7, 11) is 0. The first-order valence-electron chi connectivity index (χ1n) is 11.9. The molecular weight excluding hydrogens is 418 g/mol. The summed E-state index contributed by atoms with van der Waals surface area (Å²) in [4.78, 5) is 41.1. The molecule has 8 nitrogen and oxygen atoms in total. The molecule has 0 spiro atoms. The van der Waals surface area contributed by atoms with Crippen LogP contribution in [0, 0.1) is 6.92 Å². The third kappa shape index (κ3) is 4.65. The molecule has 2 N–H and O–H groups in total. The van der Waals surface area contributed by atoms with Gasteiger partial charge in [0.25, 0.3) is 11.8 Å². The second-order valence-corrected chi connectivity index (χ2v) is 9.43. The van der Waals surface area contributed by atoms with Gasteiger partial charge in [0.1, 0.15) is 11.2 Å². The summed E-state index contributed by atoms with van der Waals surface area (Å²) in [5.41, 5.74) is 1.59. The Bertz CT molecular complexity index is 1060. The van der Waals surface area contributed by atoms with Crippen LogP contribution < -0.4 is 10.6 Å². The summed E-state index contributed by atoms with van der Waals surface area (Å²) in [6.07, 6.45) is 4.91. The summed E-state index contributed by atoms with van der Waals surface area (Å²) < 4.78 is 1.52. The first-order chi connectivity index (χ1) is 15.8. The quantitative estimate of drug-likeness (QED) is 0.677.